The van der Waals surface area contributed by atoms with Crippen LogP contribution in [0.4, 0.5) is 50.4 Å². The van der Waals surface area contributed by atoms with Crippen molar-refractivity contribution in [1.29, 1.82) is 0 Å². The normalized spacial score (nSPS) is 15.3. The molecule has 1 aliphatic rings. The van der Waals surface area contributed by atoms with Crippen LogP contribution in [0.3, 0.4) is 0 Å². The molecule has 1 saturated carbocycles. The molecular weight excluding hydrogens is 940 g/mol. The number of anilines is 5. The molecule has 1 fully saturated rings. The van der Waals surface area contributed by atoms with E-state index in [2.05, 4.69) is 160 Å². The van der Waals surface area contributed by atoms with Crippen LogP contribution in [0.2, 0.25) is 0 Å². The Labute approximate surface area is 407 Å². The van der Waals surface area contributed by atoms with Gasteiger partial charge in [0.1, 0.15) is 14.9 Å². The summed E-state index contributed by atoms with van der Waals surface area (Å²) < 4.78 is 125. The van der Waals surface area contributed by atoms with Gasteiger partial charge in [-0.15, -0.1) is 0 Å². The fraction of sp³-hybridized carbons (Fsp3) is 0.255. The van der Waals surface area contributed by atoms with Crippen LogP contribution in [0.1, 0.15) is 75.8 Å². The average Bonchev–Trinajstić information content (AvgIpc) is 3.30. The highest BCUT2D eigenvalue weighted by Crippen LogP contribution is 2.42. The van der Waals surface area contributed by atoms with Crippen molar-refractivity contribution < 1.29 is 38.8 Å². The summed E-state index contributed by atoms with van der Waals surface area (Å²) in [6, 6.07) is 37.6. The Bertz CT molecular complexity index is 3200. The summed E-state index contributed by atoms with van der Waals surface area (Å²) in [7, 11) is -6.68. The van der Waals surface area contributed by atoms with Gasteiger partial charge in [-0.3, -0.25) is 0 Å². The Morgan fingerprint density at radius 1 is 0.543 bits per heavy atom. The molecule has 0 aliphatic heterocycles. The van der Waals surface area contributed by atoms with Gasteiger partial charge in [0.05, 0.1) is 49.7 Å². The molecule has 0 saturated heterocycles. The van der Waals surface area contributed by atoms with Gasteiger partial charge < -0.3 is 19.2 Å². The lowest BCUT2D eigenvalue weighted by Crippen LogP contribution is -2.33. The molecule has 70 heavy (non-hydrogen) atoms. The maximum absolute atomic E-state index is 14.4. The summed E-state index contributed by atoms with van der Waals surface area (Å²) in [5.41, 5.74) is 15.3. The standard InChI is InChI=1S/C55H53F5N4O4S2/c1-31-27-33(3)53(34(4)28-31)63(7)40-19-13-37(14-20-40)47(38-15-21-41(22-16-38)64(8)54-35(5)29-32(2)30-36(54)6)45-25-26-46(44-12-10-9-11-43(44)45)61-39-17-23-42(24-18-39)69(65,66)62-70(67,68)55-51(59)49(57)48(56)50(58)52(55)60/h9-16,19-22,25-30,39,42,61H,17-18,23-24H2,1-8H3. The minimum atomic E-state index is -5.85. The summed E-state index contributed by atoms with van der Waals surface area (Å²) in [5.74, 6) is -12.0. The zero-order chi connectivity index (χ0) is 50.6. The minimum absolute atomic E-state index is 0.0907. The second-order valence-electron chi connectivity index (χ2n) is 18.4. The molecule has 0 spiro atoms. The first-order valence-corrected chi connectivity index (χ1v) is 25.8. The molecular formula is C55H53F5N4O4S2. The van der Waals surface area contributed by atoms with Crippen LogP contribution >= 0.6 is 0 Å². The Morgan fingerprint density at radius 3 is 1.40 bits per heavy atom. The highest BCUT2D eigenvalue weighted by molar-refractivity contribution is 8.12. The topological polar surface area (TPSA) is 101 Å². The summed E-state index contributed by atoms with van der Waals surface area (Å²) in [6.07, 6.45) is 0.291. The van der Waals surface area contributed by atoms with Gasteiger partial charge in [-0.05, 0) is 162 Å². The molecule has 0 unspecified atom stereocenters. The molecule has 8 rings (SSSR count). The summed E-state index contributed by atoms with van der Waals surface area (Å²) in [5, 5.41) is 4.03. The maximum Gasteiger partial charge on any atom is 0.200 e. The molecule has 7 aromatic rings. The second-order valence-corrected chi connectivity index (χ2v) is 22.0. The zero-order valence-corrected chi connectivity index (χ0v) is 41.7. The third-order valence-electron chi connectivity index (χ3n) is 13.3. The SMILES string of the molecule is Cc1cc(C)c(N(C)c2ccc([C+](c3ccc(N(C)c4c(C)cc(C)cc4C)cc3)c3ccc(NC4CCC(S(=O)(=O)[N-]S(=O)(=O)c5c(F)c(F)c(F)c(F)c5F)CC4)c4ccccc34)cc2)c(C)c1. The molecule has 0 heterocycles. The quantitative estimate of drug-likeness (QED) is 0.0404. The number of hydrogen-bond acceptors (Lipinski definition) is 7. The van der Waals surface area contributed by atoms with Gasteiger partial charge in [0.2, 0.25) is 5.82 Å². The van der Waals surface area contributed by atoms with Gasteiger partial charge in [-0.25, -0.2) is 38.8 Å². The zero-order valence-electron chi connectivity index (χ0n) is 40.1. The average molecular weight is 993 g/mol. The number of fused-ring (bicyclic) bond motifs is 1. The van der Waals surface area contributed by atoms with Crippen LogP contribution in [-0.4, -0.2) is 42.2 Å². The van der Waals surface area contributed by atoms with Crippen molar-refractivity contribution in [3.63, 3.8) is 0 Å². The Balaban J connectivity index is 1.09. The summed E-state index contributed by atoms with van der Waals surface area (Å²) in [6.45, 7) is 12.7. The van der Waals surface area contributed by atoms with E-state index in [4.69, 9.17) is 0 Å². The van der Waals surface area contributed by atoms with E-state index in [0.717, 1.165) is 61.8 Å². The molecule has 0 radical (unpaired) electrons. The highest BCUT2D eigenvalue weighted by Gasteiger charge is 2.34. The van der Waals surface area contributed by atoms with E-state index in [1.54, 1.807) is 0 Å². The predicted molar refractivity (Wildman–Crippen MR) is 270 cm³/mol. The van der Waals surface area contributed by atoms with Crippen LogP contribution in [0, 0.1) is 76.5 Å². The number of nitrogens with zero attached hydrogens (tertiary/aromatic N) is 3. The number of halogens is 5. The Hall–Kier alpha value is -6.42. The minimum Gasteiger partial charge on any atom is -0.431 e. The van der Waals surface area contributed by atoms with Crippen LogP contribution in [-0.2, 0) is 20.0 Å². The number of nitrogens with one attached hydrogen (secondary N) is 1. The van der Waals surface area contributed by atoms with E-state index < -0.39 is 59.3 Å². The van der Waals surface area contributed by atoms with Gasteiger partial charge in [0, 0.05) is 47.5 Å². The second kappa shape index (κ2) is 19.4. The van der Waals surface area contributed by atoms with Gasteiger partial charge in [0.15, 0.2) is 23.3 Å². The van der Waals surface area contributed by atoms with Crippen LogP contribution < -0.4 is 15.1 Å². The molecule has 0 aromatic heterocycles. The molecule has 15 heteroatoms. The van der Waals surface area contributed by atoms with E-state index in [1.165, 1.54) is 33.4 Å². The fourth-order valence-corrected chi connectivity index (χ4v) is 13.6. The van der Waals surface area contributed by atoms with Crippen molar-refractivity contribution in [3.05, 3.63) is 198 Å². The maximum atomic E-state index is 14.4. The Morgan fingerprint density at radius 2 is 0.957 bits per heavy atom. The fourth-order valence-electron chi connectivity index (χ4n) is 10.3. The number of aryl methyl sites for hydroxylation is 6. The molecule has 7 aromatic carbocycles. The number of hydrogen-bond donors (Lipinski definition) is 1. The van der Waals surface area contributed by atoms with E-state index in [-0.39, 0.29) is 31.7 Å². The van der Waals surface area contributed by atoms with E-state index in [9.17, 15) is 38.8 Å². The van der Waals surface area contributed by atoms with Gasteiger partial charge >= 0.3 is 0 Å². The predicted octanol–water partition coefficient (Wildman–Crippen LogP) is 13.8. The largest absolute Gasteiger partial charge is 0.431 e. The smallest absolute Gasteiger partial charge is 0.200 e. The molecule has 0 bridgehead atoms. The first-order valence-electron chi connectivity index (χ1n) is 22.8. The lowest BCUT2D eigenvalue weighted by molar-refractivity contribution is 0.358. The van der Waals surface area contributed by atoms with Crippen molar-refractivity contribution in [2.45, 2.75) is 83.4 Å². The van der Waals surface area contributed by atoms with Crippen LogP contribution in [0.15, 0.2) is 114 Å². The van der Waals surface area contributed by atoms with Gasteiger partial charge in [-0.2, -0.15) is 0 Å². The summed E-state index contributed by atoms with van der Waals surface area (Å²) >= 11 is 0. The first kappa shape index (κ1) is 50.0. The lowest BCUT2D eigenvalue weighted by atomic mass is 9.82. The van der Waals surface area contributed by atoms with Gasteiger partial charge in [-0.1, -0.05) is 47.5 Å². The van der Waals surface area contributed by atoms with Crippen molar-refractivity contribution in [2.75, 3.05) is 29.2 Å². The molecule has 1 N–H and O–H groups in total. The first-order chi connectivity index (χ1) is 33.1. The van der Waals surface area contributed by atoms with Crippen molar-refractivity contribution in [2.24, 2.45) is 0 Å². The van der Waals surface area contributed by atoms with E-state index >= 15 is 0 Å². The monoisotopic (exact) mass is 992 g/mol. The van der Waals surface area contributed by atoms with Crippen molar-refractivity contribution in [1.82, 2.24) is 0 Å². The highest BCUT2D eigenvalue weighted by atomic mass is 32.3. The number of rotatable bonds is 13. The van der Waals surface area contributed by atoms with Crippen LogP contribution in [0.25, 0.3) is 14.9 Å². The summed E-state index contributed by atoms with van der Waals surface area (Å²) in [4.78, 5) is 2.10. The molecule has 8 nitrogen and oxygen atoms in total. The molecule has 0 amide bonds. The lowest BCUT2D eigenvalue weighted by Gasteiger charge is -2.34. The Kier molecular flexibility index (Phi) is 13.9. The van der Waals surface area contributed by atoms with E-state index in [1.807, 2.05) is 24.3 Å². The van der Waals surface area contributed by atoms with E-state index in [0.29, 0.717) is 0 Å². The third kappa shape index (κ3) is 9.58. The number of benzene rings is 7. The molecule has 364 valence electrons. The van der Waals surface area contributed by atoms with Crippen molar-refractivity contribution in [3.8, 4) is 0 Å². The van der Waals surface area contributed by atoms with Crippen LogP contribution in [0.5, 0.6) is 0 Å². The molecule has 0 atom stereocenters. The van der Waals surface area contributed by atoms with Gasteiger partial charge in [0.25, 0.3) is 0 Å². The number of sulfonamides is 2. The van der Waals surface area contributed by atoms with Crippen molar-refractivity contribution >= 4 is 59.3 Å². The molecule has 1 aliphatic carbocycles. The third-order valence-corrected chi connectivity index (χ3v) is 17.1.